The van der Waals surface area contributed by atoms with Gasteiger partial charge < -0.3 is 14.2 Å². The molecule has 0 aliphatic rings. The highest BCUT2D eigenvalue weighted by Crippen LogP contribution is 2.15. The monoisotopic (exact) mass is 745 g/mol. The first-order chi connectivity index (χ1) is 26.0. The standard InChI is InChI=1S/C47H84O6/c1-4-7-10-13-16-18-20-22-23-25-26-28-31-34-37-40-46(49)52-43-44(42-51-45(48)39-36-33-30-15-12-9-6-3)53-47(50)41-38-35-32-29-27-24-21-19-17-14-11-8-5-2/h7,10,16,18,22-23,44H,4-6,8-9,11-15,17,19-21,24-43H2,1-3H3/b10-7-,18-16-,23-22-. The Kier molecular flexibility index (Phi) is 40.5. The van der Waals surface area contributed by atoms with E-state index in [4.69, 9.17) is 14.2 Å². The van der Waals surface area contributed by atoms with Gasteiger partial charge in [-0.25, -0.2) is 0 Å². The lowest BCUT2D eigenvalue weighted by atomic mass is 10.0. The summed E-state index contributed by atoms with van der Waals surface area (Å²) in [6.45, 7) is 6.46. The molecule has 308 valence electrons. The Bertz CT molecular complexity index is 907. The molecule has 1 atom stereocenters. The minimum Gasteiger partial charge on any atom is -0.462 e. The van der Waals surface area contributed by atoms with Crippen LogP contribution in [-0.2, 0) is 28.6 Å². The Morgan fingerprint density at radius 1 is 0.396 bits per heavy atom. The Morgan fingerprint density at radius 3 is 1.15 bits per heavy atom. The normalized spacial score (nSPS) is 12.3. The van der Waals surface area contributed by atoms with E-state index in [0.29, 0.717) is 19.3 Å². The first kappa shape index (κ1) is 50.6. The van der Waals surface area contributed by atoms with Crippen molar-refractivity contribution >= 4 is 17.9 Å². The molecule has 0 spiro atoms. The Morgan fingerprint density at radius 2 is 0.736 bits per heavy atom. The van der Waals surface area contributed by atoms with Crippen LogP contribution in [0.5, 0.6) is 0 Å². The van der Waals surface area contributed by atoms with Gasteiger partial charge in [-0.05, 0) is 51.4 Å². The fourth-order valence-electron chi connectivity index (χ4n) is 6.28. The largest absolute Gasteiger partial charge is 0.462 e. The lowest BCUT2D eigenvalue weighted by Gasteiger charge is -2.18. The molecule has 6 nitrogen and oxygen atoms in total. The second-order valence-corrected chi connectivity index (χ2v) is 14.9. The second kappa shape index (κ2) is 42.4. The third-order valence-corrected chi connectivity index (χ3v) is 9.66. The van der Waals surface area contributed by atoms with Crippen molar-refractivity contribution in [2.24, 2.45) is 0 Å². The molecule has 0 aliphatic carbocycles. The number of carbonyl (C=O) groups is 3. The zero-order valence-electron chi connectivity index (χ0n) is 35.0. The van der Waals surface area contributed by atoms with E-state index in [0.717, 1.165) is 96.3 Å². The zero-order chi connectivity index (χ0) is 38.7. The summed E-state index contributed by atoms with van der Waals surface area (Å²) in [5, 5.41) is 0. The maximum atomic E-state index is 12.7. The van der Waals surface area contributed by atoms with Crippen LogP contribution in [0.2, 0.25) is 0 Å². The average Bonchev–Trinajstić information content (AvgIpc) is 3.15. The zero-order valence-corrected chi connectivity index (χ0v) is 35.0. The number of carbonyl (C=O) groups excluding carboxylic acids is 3. The molecule has 53 heavy (non-hydrogen) atoms. The molecule has 0 aromatic carbocycles. The van der Waals surface area contributed by atoms with Crippen LogP contribution in [0.15, 0.2) is 36.5 Å². The smallest absolute Gasteiger partial charge is 0.306 e. The lowest BCUT2D eigenvalue weighted by Crippen LogP contribution is -2.30. The maximum Gasteiger partial charge on any atom is 0.306 e. The second-order valence-electron chi connectivity index (χ2n) is 14.9. The molecule has 0 N–H and O–H groups in total. The highest BCUT2D eigenvalue weighted by molar-refractivity contribution is 5.71. The van der Waals surface area contributed by atoms with E-state index < -0.39 is 6.10 Å². The van der Waals surface area contributed by atoms with Gasteiger partial charge in [0.25, 0.3) is 0 Å². The van der Waals surface area contributed by atoms with Crippen molar-refractivity contribution in [3.05, 3.63) is 36.5 Å². The molecule has 0 radical (unpaired) electrons. The van der Waals surface area contributed by atoms with Gasteiger partial charge in [-0.3, -0.25) is 14.4 Å². The molecule has 0 fully saturated rings. The summed E-state index contributed by atoms with van der Waals surface area (Å²) in [5.41, 5.74) is 0. The predicted octanol–water partition coefficient (Wildman–Crippen LogP) is 14.2. The van der Waals surface area contributed by atoms with Crippen molar-refractivity contribution in [3.63, 3.8) is 0 Å². The molecule has 0 aromatic rings. The predicted molar refractivity (Wildman–Crippen MR) is 224 cm³/mol. The summed E-state index contributed by atoms with van der Waals surface area (Å²) >= 11 is 0. The summed E-state index contributed by atoms with van der Waals surface area (Å²) in [6, 6.07) is 0. The number of hydrogen-bond acceptors (Lipinski definition) is 6. The number of esters is 3. The molecule has 1 unspecified atom stereocenters. The van der Waals surface area contributed by atoms with Crippen LogP contribution in [0.1, 0.15) is 226 Å². The number of allylic oxidation sites excluding steroid dienone is 6. The van der Waals surface area contributed by atoms with Crippen LogP contribution >= 0.6 is 0 Å². The van der Waals surface area contributed by atoms with Crippen molar-refractivity contribution in [1.82, 2.24) is 0 Å². The number of rotatable bonds is 40. The molecule has 0 bridgehead atoms. The van der Waals surface area contributed by atoms with E-state index in [-0.39, 0.29) is 31.1 Å². The van der Waals surface area contributed by atoms with Gasteiger partial charge in [-0.1, -0.05) is 192 Å². The molecule has 6 heteroatoms. The van der Waals surface area contributed by atoms with Crippen LogP contribution in [-0.4, -0.2) is 37.2 Å². The van der Waals surface area contributed by atoms with E-state index >= 15 is 0 Å². The lowest BCUT2D eigenvalue weighted by molar-refractivity contribution is -0.167. The van der Waals surface area contributed by atoms with Gasteiger partial charge in [-0.15, -0.1) is 0 Å². The van der Waals surface area contributed by atoms with Gasteiger partial charge in [-0.2, -0.15) is 0 Å². The molecule has 0 aromatic heterocycles. The van der Waals surface area contributed by atoms with E-state index in [1.165, 1.54) is 89.9 Å². The Hall–Kier alpha value is -2.37. The van der Waals surface area contributed by atoms with E-state index in [2.05, 4.69) is 57.2 Å². The van der Waals surface area contributed by atoms with Gasteiger partial charge in [0.15, 0.2) is 6.10 Å². The molecule has 0 saturated heterocycles. The number of hydrogen-bond donors (Lipinski definition) is 0. The van der Waals surface area contributed by atoms with E-state index in [9.17, 15) is 14.4 Å². The van der Waals surface area contributed by atoms with Gasteiger partial charge in [0, 0.05) is 19.3 Å². The Balaban J connectivity index is 4.32. The first-order valence-electron chi connectivity index (χ1n) is 22.5. The number of unbranched alkanes of at least 4 members (excludes halogenated alkanes) is 23. The molecule has 0 aliphatic heterocycles. The van der Waals surface area contributed by atoms with Crippen molar-refractivity contribution in [1.29, 1.82) is 0 Å². The topological polar surface area (TPSA) is 78.9 Å². The van der Waals surface area contributed by atoms with Gasteiger partial charge in [0.1, 0.15) is 13.2 Å². The summed E-state index contributed by atoms with van der Waals surface area (Å²) in [7, 11) is 0. The summed E-state index contributed by atoms with van der Waals surface area (Å²) in [4.78, 5) is 37.6. The molecule has 0 rings (SSSR count). The number of ether oxygens (including phenoxy) is 3. The molecular weight excluding hydrogens is 661 g/mol. The van der Waals surface area contributed by atoms with Gasteiger partial charge >= 0.3 is 17.9 Å². The van der Waals surface area contributed by atoms with E-state index in [1.807, 2.05) is 0 Å². The van der Waals surface area contributed by atoms with Crippen molar-refractivity contribution in [2.75, 3.05) is 13.2 Å². The average molecular weight is 745 g/mol. The third-order valence-electron chi connectivity index (χ3n) is 9.66. The molecule has 0 saturated carbocycles. The third kappa shape index (κ3) is 40.6. The SMILES string of the molecule is CC/C=C\C/C=C\C/C=C\CCCCCCCC(=O)OCC(COC(=O)CCCCCCCCC)OC(=O)CCCCCCCCCCCCCCC. The highest BCUT2D eigenvalue weighted by Gasteiger charge is 2.19. The van der Waals surface area contributed by atoms with E-state index in [1.54, 1.807) is 0 Å². The fourth-order valence-corrected chi connectivity index (χ4v) is 6.28. The molecule has 0 heterocycles. The van der Waals surface area contributed by atoms with Crippen molar-refractivity contribution < 1.29 is 28.6 Å². The van der Waals surface area contributed by atoms with Crippen LogP contribution in [0.25, 0.3) is 0 Å². The van der Waals surface area contributed by atoms with Crippen molar-refractivity contribution in [3.8, 4) is 0 Å². The quantitative estimate of drug-likeness (QED) is 0.0269. The van der Waals surface area contributed by atoms with Crippen LogP contribution < -0.4 is 0 Å². The fraction of sp³-hybridized carbons (Fsp3) is 0.809. The maximum absolute atomic E-state index is 12.7. The molecule has 0 amide bonds. The van der Waals surface area contributed by atoms with Gasteiger partial charge in [0.05, 0.1) is 0 Å². The van der Waals surface area contributed by atoms with Gasteiger partial charge in [0.2, 0.25) is 0 Å². The summed E-state index contributed by atoms with van der Waals surface area (Å²) in [5.74, 6) is -0.897. The van der Waals surface area contributed by atoms with Crippen LogP contribution in [0, 0.1) is 0 Å². The summed E-state index contributed by atoms with van der Waals surface area (Å²) < 4.78 is 16.6. The highest BCUT2D eigenvalue weighted by atomic mass is 16.6. The van der Waals surface area contributed by atoms with Crippen molar-refractivity contribution in [2.45, 2.75) is 232 Å². The van der Waals surface area contributed by atoms with Crippen LogP contribution in [0.3, 0.4) is 0 Å². The first-order valence-corrected chi connectivity index (χ1v) is 22.5. The summed E-state index contributed by atoms with van der Waals surface area (Å²) in [6.07, 6.45) is 47.0. The Labute approximate surface area is 327 Å². The minimum atomic E-state index is -0.771. The molecular formula is C47H84O6. The van der Waals surface area contributed by atoms with Crippen LogP contribution in [0.4, 0.5) is 0 Å². The minimum absolute atomic E-state index is 0.0754.